The Morgan fingerprint density at radius 1 is 1.29 bits per heavy atom. The van der Waals surface area contributed by atoms with Crippen LogP contribution in [0.3, 0.4) is 0 Å². The molecule has 4 nitrogen and oxygen atoms in total. The van der Waals surface area contributed by atoms with Gasteiger partial charge in [0.1, 0.15) is 0 Å². The highest BCUT2D eigenvalue weighted by Crippen LogP contribution is 2.14. The molecular formula is C13H14N2O2. The number of rotatable bonds is 2. The van der Waals surface area contributed by atoms with Crippen molar-refractivity contribution in [1.82, 2.24) is 9.55 Å². The minimum Gasteiger partial charge on any atom is -0.477 e. The summed E-state index contributed by atoms with van der Waals surface area (Å²) in [4.78, 5) is 15.9. The Morgan fingerprint density at radius 2 is 2.06 bits per heavy atom. The van der Waals surface area contributed by atoms with Crippen LogP contribution in [-0.4, -0.2) is 16.7 Å². The number of methoxy groups -OCH3 is 1. The van der Waals surface area contributed by atoms with Crippen LogP contribution in [0.2, 0.25) is 0 Å². The monoisotopic (exact) mass is 230 g/mol. The lowest BCUT2D eigenvalue weighted by atomic mass is 10.1. The van der Waals surface area contributed by atoms with Gasteiger partial charge in [-0.1, -0.05) is 12.1 Å². The average molecular weight is 230 g/mol. The lowest BCUT2D eigenvalue weighted by Crippen LogP contribution is -2.21. The zero-order valence-electron chi connectivity index (χ0n) is 10.1. The van der Waals surface area contributed by atoms with E-state index in [0.717, 1.165) is 16.8 Å². The van der Waals surface area contributed by atoms with Crippen molar-refractivity contribution in [3.05, 3.63) is 52.1 Å². The summed E-state index contributed by atoms with van der Waals surface area (Å²) < 4.78 is 6.48. The van der Waals surface area contributed by atoms with Gasteiger partial charge in [-0.05, 0) is 31.0 Å². The first-order valence-electron chi connectivity index (χ1n) is 5.33. The van der Waals surface area contributed by atoms with Crippen molar-refractivity contribution in [3.8, 4) is 11.6 Å². The quantitative estimate of drug-likeness (QED) is 0.791. The second kappa shape index (κ2) is 4.41. The molecule has 0 radical (unpaired) electrons. The Hall–Kier alpha value is -2.10. The molecule has 1 aromatic carbocycles. The van der Waals surface area contributed by atoms with Gasteiger partial charge < -0.3 is 4.74 Å². The van der Waals surface area contributed by atoms with Crippen molar-refractivity contribution >= 4 is 0 Å². The second-order valence-electron chi connectivity index (χ2n) is 3.90. The highest BCUT2D eigenvalue weighted by molar-refractivity contribution is 5.43. The van der Waals surface area contributed by atoms with Crippen LogP contribution in [0.5, 0.6) is 5.88 Å². The zero-order chi connectivity index (χ0) is 12.4. The molecule has 2 rings (SSSR count). The Balaban J connectivity index is 2.69. The van der Waals surface area contributed by atoms with E-state index < -0.39 is 0 Å². The van der Waals surface area contributed by atoms with Gasteiger partial charge >= 0.3 is 5.56 Å². The molecular weight excluding hydrogens is 216 g/mol. The molecule has 4 heteroatoms. The number of nitrogens with zero attached hydrogens (tertiary/aromatic N) is 2. The summed E-state index contributed by atoms with van der Waals surface area (Å²) in [7, 11) is 1.44. The highest BCUT2D eigenvalue weighted by atomic mass is 16.5. The van der Waals surface area contributed by atoms with E-state index in [1.807, 2.05) is 32.0 Å². The number of hydrogen-bond donors (Lipinski definition) is 0. The fraction of sp³-hybridized carbons (Fsp3) is 0.231. The molecule has 0 aliphatic heterocycles. The number of hydrogen-bond acceptors (Lipinski definition) is 3. The molecule has 0 bridgehead atoms. The number of benzene rings is 1. The van der Waals surface area contributed by atoms with Crippen LogP contribution in [-0.2, 0) is 0 Å². The van der Waals surface area contributed by atoms with Crippen LogP contribution in [0.15, 0.2) is 35.4 Å². The van der Waals surface area contributed by atoms with Crippen molar-refractivity contribution in [2.75, 3.05) is 7.11 Å². The first kappa shape index (κ1) is 11.4. The number of aryl methyl sites for hydroxylation is 2. The molecule has 0 spiro atoms. The molecule has 0 N–H and O–H groups in total. The third-order valence-corrected chi connectivity index (χ3v) is 2.63. The van der Waals surface area contributed by atoms with E-state index in [-0.39, 0.29) is 11.4 Å². The molecule has 0 amide bonds. The maximum absolute atomic E-state index is 12.0. The van der Waals surface area contributed by atoms with Gasteiger partial charge in [0.2, 0.25) is 0 Å². The molecule has 0 saturated heterocycles. The summed E-state index contributed by atoms with van der Waals surface area (Å²) in [6.45, 7) is 3.96. The highest BCUT2D eigenvalue weighted by Gasteiger charge is 2.08. The summed E-state index contributed by atoms with van der Waals surface area (Å²) in [6, 6.07) is 5.97. The first-order valence-corrected chi connectivity index (χ1v) is 5.33. The Morgan fingerprint density at radius 3 is 2.76 bits per heavy atom. The smallest absolute Gasteiger partial charge is 0.317 e. The van der Waals surface area contributed by atoms with E-state index >= 15 is 0 Å². The molecule has 0 unspecified atom stereocenters. The predicted molar refractivity (Wildman–Crippen MR) is 65.9 cm³/mol. The van der Waals surface area contributed by atoms with Gasteiger partial charge in [0.05, 0.1) is 12.8 Å². The maximum atomic E-state index is 12.0. The lowest BCUT2D eigenvalue weighted by Gasteiger charge is -2.10. The van der Waals surface area contributed by atoms with Gasteiger partial charge in [0.25, 0.3) is 5.88 Å². The summed E-state index contributed by atoms with van der Waals surface area (Å²) in [5.74, 6) is 0.105. The topological polar surface area (TPSA) is 44.1 Å². The van der Waals surface area contributed by atoms with E-state index in [2.05, 4.69) is 4.98 Å². The van der Waals surface area contributed by atoms with Gasteiger partial charge in [-0.3, -0.25) is 9.36 Å². The molecule has 17 heavy (non-hydrogen) atoms. The molecule has 2 aromatic rings. The average Bonchev–Trinajstić information content (AvgIpc) is 2.33. The molecule has 0 fully saturated rings. The van der Waals surface area contributed by atoms with Gasteiger partial charge in [0.15, 0.2) is 0 Å². The molecule has 0 aliphatic rings. The van der Waals surface area contributed by atoms with Crippen LogP contribution in [0.25, 0.3) is 5.69 Å². The zero-order valence-corrected chi connectivity index (χ0v) is 10.1. The largest absolute Gasteiger partial charge is 0.477 e. The van der Waals surface area contributed by atoms with Crippen LogP contribution < -0.4 is 10.3 Å². The number of aromatic nitrogens is 2. The van der Waals surface area contributed by atoms with Crippen molar-refractivity contribution in [1.29, 1.82) is 0 Å². The Bertz CT molecular complexity index is 603. The van der Waals surface area contributed by atoms with E-state index in [1.54, 1.807) is 17.0 Å². The molecule has 0 atom stereocenters. The molecule has 0 aliphatic carbocycles. The molecule has 1 heterocycles. The van der Waals surface area contributed by atoms with Gasteiger partial charge in [-0.2, -0.15) is 0 Å². The summed E-state index contributed by atoms with van der Waals surface area (Å²) in [5, 5.41) is 0. The predicted octanol–water partition coefficient (Wildman–Crippen LogP) is 1.86. The number of ether oxygens (including phenoxy) is 1. The molecule has 1 aromatic heterocycles. The van der Waals surface area contributed by atoms with Crippen LogP contribution in [0.4, 0.5) is 0 Å². The van der Waals surface area contributed by atoms with E-state index in [1.165, 1.54) is 7.11 Å². The Kier molecular flexibility index (Phi) is 2.95. The van der Waals surface area contributed by atoms with Gasteiger partial charge in [-0.15, -0.1) is 0 Å². The van der Waals surface area contributed by atoms with E-state index in [4.69, 9.17) is 4.74 Å². The van der Waals surface area contributed by atoms with E-state index in [0.29, 0.717) is 0 Å². The minimum atomic E-state index is -0.247. The fourth-order valence-corrected chi connectivity index (χ4v) is 1.70. The van der Waals surface area contributed by atoms with Crippen molar-refractivity contribution < 1.29 is 4.74 Å². The van der Waals surface area contributed by atoms with Crippen LogP contribution in [0, 0.1) is 13.8 Å². The molecule has 0 saturated carbocycles. The van der Waals surface area contributed by atoms with E-state index in [9.17, 15) is 4.79 Å². The lowest BCUT2D eigenvalue weighted by molar-refractivity contribution is 0.388. The Labute approximate surface area is 99.5 Å². The third kappa shape index (κ3) is 2.06. The summed E-state index contributed by atoms with van der Waals surface area (Å²) in [6.07, 6.45) is 3.20. The van der Waals surface area contributed by atoms with Crippen molar-refractivity contribution in [2.45, 2.75) is 13.8 Å². The summed E-state index contributed by atoms with van der Waals surface area (Å²) >= 11 is 0. The second-order valence-corrected chi connectivity index (χ2v) is 3.90. The van der Waals surface area contributed by atoms with Gasteiger partial charge in [0, 0.05) is 12.4 Å². The normalized spacial score (nSPS) is 10.3. The van der Waals surface area contributed by atoms with Crippen LogP contribution in [0.1, 0.15) is 11.1 Å². The van der Waals surface area contributed by atoms with Crippen LogP contribution >= 0.6 is 0 Å². The first-order chi connectivity index (χ1) is 8.13. The SMILES string of the molecule is COc1nccn(-c2cc(C)ccc2C)c1=O. The maximum Gasteiger partial charge on any atom is 0.317 e. The van der Waals surface area contributed by atoms with Crippen molar-refractivity contribution in [2.24, 2.45) is 0 Å². The van der Waals surface area contributed by atoms with Crippen molar-refractivity contribution in [3.63, 3.8) is 0 Å². The molecule has 88 valence electrons. The third-order valence-electron chi connectivity index (χ3n) is 2.63. The summed E-state index contributed by atoms with van der Waals surface area (Å²) in [5.41, 5.74) is 2.75. The standard InChI is InChI=1S/C13H14N2O2/c1-9-4-5-10(2)11(8-9)15-7-6-14-12(17-3)13(15)16/h4-8H,1-3H3. The minimum absolute atomic E-state index is 0.105. The van der Waals surface area contributed by atoms with Gasteiger partial charge in [-0.25, -0.2) is 4.98 Å². The fourth-order valence-electron chi connectivity index (χ4n) is 1.70.